The number of hydrogen-bond acceptors (Lipinski definition) is 3. The van der Waals surface area contributed by atoms with Crippen molar-refractivity contribution in [3.8, 4) is 0 Å². The van der Waals surface area contributed by atoms with E-state index < -0.39 is 5.41 Å². The van der Waals surface area contributed by atoms with Crippen molar-refractivity contribution in [3.63, 3.8) is 0 Å². The zero-order valence-electron chi connectivity index (χ0n) is 16.5. The topological polar surface area (TPSA) is 69.4 Å². The maximum Gasteiger partial charge on any atom is 0.337 e. The summed E-state index contributed by atoms with van der Waals surface area (Å²) >= 11 is 0. The average Bonchev–Trinajstić information content (AvgIpc) is 2.75. The van der Waals surface area contributed by atoms with Gasteiger partial charge < -0.3 is 10.5 Å². The highest BCUT2D eigenvalue weighted by molar-refractivity contribution is 5.94. The summed E-state index contributed by atoms with van der Waals surface area (Å²) in [7, 11) is 1.37. The lowest BCUT2D eigenvalue weighted by Crippen LogP contribution is -2.44. The molecule has 3 rings (SSSR count). The van der Waals surface area contributed by atoms with Crippen molar-refractivity contribution in [1.29, 1.82) is 0 Å². The summed E-state index contributed by atoms with van der Waals surface area (Å²) in [6, 6.07) is 11.7. The number of benzene rings is 2. The molecule has 0 spiro atoms. The Balaban J connectivity index is 2.32. The predicted octanol–water partition coefficient (Wildman–Crippen LogP) is 3.70. The highest BCUT2D eigenvalue weighted by atomic mass is 16.5. The number of carbonyl (C=O) groups is 2. The van der Waals surface area contributed by atoms with Crippen LogP contribution in [0.5, 0.6) is 0 Å². The second-order valence-corrected chi connectivity index (χ2v) is 7.89. The number of carbonyl (C=O) groups excluding carboxylic acids is 2. The van der Waals surface area contributed by atoms with Gasteiger partial charge in [-0.2, -0.15) is 0 Å². The smallest absolute Gasteiger partial charge is 0.337 e. The molecule has 0 heterocycles. The van der Waals surface area contributed by atoms with Crippen LogP contribution in [-0.2, 0) is 27.8 Å². The predicted molar refractivity (Wildman–Crippen MR) is 106 cm³/mol. The maximum atomic E-state index is 13.0. The van der Waals surface area contributed by atoms with Gasteiger partial charge in [-0.25, -0.2) is 4.79 Å². The van der Waals surface area contributed by atoms with E-state index in [4.69, 9.17) is 10.5 Å². The molecule has 0 saturated heterocycles. The van der Waals surface area contributed by atoms with Gasteiger partial charge in [0.2, 0.25) is 5.91 Å². The number of methoxy groups -OCH3 is 1. The molecular weight excluding hydrogens is 338 g/mol. The molecule has 2 aromatic carbocycles. The van der Waals surface area contributed by atoms with Crippen LogP contribution in [0.2, 0.25) is 0 Å². The van der Waals surface area contributed by atoms with Crippen molar-refractivity contribution in [1.82, 2.24) is 0 Å². The number of nitrogens with two attached hydrogens (primary N) is 1. The van der Waals surface area contributed by atoms with E-state index in [1.165, 1.54) is 7.11 Å². The van der Waals surface area contributed by atoms with Gasteiger partial charge in [0, 0.05) is 0 Å². The van der Waals surface area contributed by atoms with Crippen LogP contribution < -0.4 is 5.73 Å². The third-order valence-corrected chi connectivity index (χ3v) is 5.51. The third kappa shape index (κ3) is 3.25. The van der Waals surface area contributed by atoms with Gasteiger partial charge in [-0.1, -0.05) is 43.7 Å². The molecule has 2 N–H and O–H groups in total. The van der Waals surface area contributed by atoms with Crippen LogP contribution in [-0.4, -0.2) is 19.0 Å². The van der Waals surface area contributed by atoms with Gasteiger partial charge in [0.1, 0.15) is 0 Å². The van der Waals surface area contributed by atoms with E-state index in [1.807, 2.05) is 18.2 Å². The van der Waals surface area contributed by atoms with Gasteiger partial charge >= 0.3 is 5.97 Å². The van der Waals surface area contributed by atoms with E-state index in [1.54, 1.807) is 6.07 Å². The molecule has 27 heavy (non-hydrogen) atoms. The van der Waals surface area contributed by atoms with Gasteiger partial charge in [-0.3, -0.25) is 4.79 Å². The summed E-state index contributed by atoms with van der Waals surface area (Å²) in [6.45, 7) is 6.26. The molecular formula is C23H27NO3. The largest absolute Gasteiger partial charge is 0.465 e. The van der Waals surface area contributed by atoms with Crippen molar-refractivity contribution < 1.29 is 14.3 Å². The quantitative estimate of drug-likeness (QED) is 0.840. The molecule has 0 bridgehead atoms. The van der Waals surface area contributed by atoms with Crippen molar-refractivity contribution >= 4 is 11.9 Å². The number of hydrogen-bond donors (Lipinski definition) is 1. The minimum Gasteiger partial charge on any atom is -0.465 e. The van der Waals surface area contributed by atoms with Gasteiger partial charge in [-0.05, 0) is 66.5 Å². The molecule has 0 radical (unpaired) electrons. The van der Waals surface area contributed by atoms with Crippen LogP contribution in [0.15, 0.2) is 36.4 Å². The van der Waals surface area contributed by atoms with Gasteiger partial charge in [-0.15, -0.1) is 0 Å². The third-order valence-electron chi connectivity index (χ3n) is 5.51. The Bertz CT molecular complexity index is 900. The summed E-state index contributed by atoms with van der Waals surface area (Å²) in [5, 5.41) is 0. The van der Waals surface area contributed by atoms with Gasteiger partial charge in [0.05, 0.1) is 18.1 Å². The molecule has 2 aromatic rings. The Kier molecular flexibility index (Phi) is 5.09. The molecule has 0 aliphatic heterocycles. The maximum absolute atomic E-state index is 13.0. The second kappa shape index (κ2) is 7.18. The molecule has 1 unspecified atom stereocenters. The first-order chi connectivity index (χ1) is 12.8. The fourth-order valence-corrected chi connectivity index (χ4v) is 4.42. The number of aryl methyl sites for hydroxylation is 3. The molecule has 1 atom stereocenters. The zero-order valence-corrected chi connectivity index (χ0v) is 16.5. The zero-order chi connectivity index (χ0) is 19.8. The molecule has 1 amide bonds. The lowest BCUT2D eigenvalue weighted by molar-refractivity contribution is -0.122. The molecule has 0 saturated carbocycles. The Labute approximate surface area is 160 Å². The number of ether oxygens (including phenoxy) is 1. The lowest BCUT2D eigenvalue weighted by Gasteiger charge is -2.35. The minimum absolute atomic E-state index is 0.276. The normalized spacial score (nSPS) is 18.4. The van der Waals surface area contributed by atoms with Crippen molar-refractivity contribution in [3.05, 3.63) is 69.8 Å². The number of rotatable bonds is 4. The number of amides is 1. The van der Waals surface area contributed by atoms with E-state index >= 15 is 0 Å². The van der Waals surface area contributed by atoms with Gasteiger partial charge in [0.15, 0.2) is 0 Å². The minimum atomic E-state index is -0.891. The summed E-state index contributed by atoms with van der Waals surface area (Å²) in [4.78, 5) is 25.0. The van der Waals surface area contributed by atoms with Crippen LogP contribution in [0.4, 0.5) is 0 Å². The summed E-state index contributed by atoms with van der Waals surface area (Å²) in [5.74, 6) is -0.433. The molecule has 4 heteroatoms. The Morgan fingerprint density at radius 3 is 2.22 bits per heavy atom. The molecule has 1 aliphatic carbocycles. The monoisotopic (exact) mass is 365 g/mol. The lowest BCUT2D eigenvalue weighted by atomic mass is 9.67. The van der Waals surface area contributed by atoms with E-state index in [0.717, 1.165) is 40.7 Å². The summed E-state index contributed by atoms with van der Waals surface area (Å²) in [6.07, 6.45) is 2.19. The van der Waals surface area contributed by atoms with Gasteiger partial charge in [0.25, 0.3) is 0 Å². The highest BCUT2D eigenvalue weighted by Gasteiger charge is 2.45. The van der Waals surface area contributed by atoms with Crippen LogP contribution in [0.25, 0.3) is 0 Å². The number of esters is 1. The Morgan fingerprint density at radius 2 is 1.67 bits per heavy atom. The summed E-state index contributed by atoms with van der Waals surface area (Å²) < 4.78 is 4.87. The molecule has 4 nitrogen and oxygen atoms in total. The first-order valence-electron chi connectivity index (χ1n) is 9.41. The highest BCUT2D eigenvalue weighted by Crippen LogP contribution is 2.44. The van der Waals surface area contributed by atoms with E-state index in [2.05, 4.69) is 32.9 Å². The van der Waals surface area contributed by atoms with E-state index in [0.29, 0.717) is 12.0 Å². The first-order valence-corrected chi connectivity index (χ1v) is 9.41. The standard InChI is InChI=1S/C23H27NO3/c1-14(2)13-23(22(24)26)19-9-5-15(3)11-16(19)6-7-17-12-18(21(25)27-4)8-10-20(17)23/h5,8-12,14H,6-7,13H2,1-4H3,(H2,24,26). The number of fused-ring (bicyclic) bond motifs is 2. The average molecular weight is 365 g/mol. The SMILES string of the molecule is COC(=O)c1ccc2c(c1)CCc1cc(C)ccc1C2(CC(C)C)C(N)=O. The van der Waals surface area contributed by atoms with E-state index in [9.17, 15) is 9.59 Å². The fraction of sp³-hybridized carbons (Fsp3) is 0.391. The van der Waals surface area contributed by atoms with Crippen LogP contribution in [0.1, 0.15) is 58.4 Å². The van der Waals surface area contributed by atoms with Crippen LogP contribution in [0, 0.1) is 12.8 Å². The second-order valence-electron chi connectivity index (χ2n) is 7.89. The fourth-order valence-electron chi connectivity index (χ4n) is 4.42. The van der Waals surface area contributed by atoms with Crippen LogP contribution in [0.3, 0.4) is 0 Å². The number of primary amides is 1. The summed E-state index contributed by atoms with van der Waals surface area (Å²) in [5.41, 5.74) is 10.9. The Hall–Kier alpha value is -2.62. The molecule has 142 valence electrons. The Morgan fingerprint density at radius 1 is 1.07 bits per heavy atom. The van der Waals surface area contributed by atoms with Crippen molar-refractivity contribution in [2.75, 3.05) is 7.11 Å². The van der Waals surface area contributed by atoms with Crippen molar-refractivity contribution in [2.45, 2.75) is 45.4 Å². The van der Waals surface area contributed by atoms with Crippen molar-refractivity contribution in [2.24, 2.45) is 11.7 Å². The van der Waals surface area contributed by atoms with Crippen LogP contribution >= 0.6 is 0 Å². The first kappa shape index (κ1) is 19.2. The molecule has 1 aliphatic rings. The molecule has 0 aromatic heterocycles. The molecule has 0 fully saturated rings. The van der Waals surface area contributed by atoms with E-state index in [-0.39, 0.29) is 17.8 Å².